The second-order valence-electron chi connectivity index (χ2n) is 3.43. The maximum atomic E-state index is 13.1. The molecule has 1 atom stereocenters. The van der Waals surface area contributed by atoms with Gasteiger partial charge in [0.1, 0.15) is 11.8 Å². The van der Waals surface area contributed by atoms with Gasteiger partial charge < -0.3 is 10.8 Å². The molecule has 0 aliphatic carbocycles. The van der Waals surface area contributed by atoms with Crippen LogP contribution in [0.15, 0.2) is 12.1 Å². The number of rotatable bonds is 2. The molecule has 0 heterocycles. The number of halogens is 8. The third-order valence-corrected chi connectivity index (χ3v) is 3.81. The zero-order valence-electron chi connectivity index (χ0n) is 8.81. The smallest absolute Gasteiger partial charge is 0.455 e. The van der Waals surface area contributed by atoms with E-state index in [1.807, 2.05) is 0 Å². The van der Waals surface area contributed by atoms with Crippen LogP contribution in [0.5, 0.6) is 5.75 Å². The fourth-order valence-corrected chi connectivity index (χ4v) is 2.97. The summed E-state index contributed by atoms with van der Waals surface area (Å²) in [6.07, 6.45) is -5.72. The molecule has 0 aliphatic rings. The van der Waals surface area contributed by atoms with Crippen LogP contribution in [-0.4, -0.2) is 17.2 Å². The predicted molar refractivity (Wildman–Crippen MR) is 78.7 cm³/mol. The molecule has 110 valence electrons. The van der Waals surface area contributed by atoms with Gasteiger partial charge in [-0.3, -0.25) is 0 Å². The van der Waals surface area contributed by atoms with Crippen molar-refractivity contribution in [1.29, 1.82) is 0 Å². The molecule has 0 saturated carbocycles. The van der Waals surface area contributed by atoms with E-state index < -0.39 is 18.1 Å². The summed E-state index contributed by atoms with van der Waals surface area (Å²) in [7, 11) is 0. The van der Waals surface area contributed by atoms with Gasteiger partial charge in [-0.05, 0) is 62.9 Å². The van der Waals surface area contributed by atoms with E-state index in [0.29, 0.717) is 0 Å². The van der Waals surface area contributed by atoms with Gasteiger partial charge in [0.2, 0.25) is 0 Å². The van der Waals surface area contributed by atoms with E-state index in [1.165, 1.54) is 0 Å². The Kier molecular flexibility index (Phi) is 6.56. The first-order valence-corrected chi connectivity index (χ1v) is 6.52. The van der Waals surface area contributed by atoms with Crippen LogP contribution in [0.4, 0.5) is 22.0 Å². The van der Waals surface area contributed by atoms with Crippen LogP contribution >= 0.6 is 57.6 Å². The molecule has 1 aromatic rings. The van der Waals surface area contributed by atoms with Crippen molar-refractivity contribution in [3.05, 3.63) is 24.8 Å². The van der Waals surface area contributed by atoms with Crippen molar-refractivity contribution >= 4 is 57.6 Å². The average molecular weight is 529 g/mol. The lowest BCUT2D eigenvalue weighted by Crippen LogP contribution is -2.45. The second-order valence-corrected chi connectivity index (χ2v) is 5.76. The molecule has 0 unspecified atom stereocenters. The Morgan fingerprint density at radius 3 is 1.74 bits per heavy atom. The molecule has 3 N–H and O–H groups in total. The van der Waals surface area contributed by atoms with Gasteiger partial charge in [-0.25, -0.2) is 0 Å². The summed E-state index contributed by atoms with van der Waals surface area (Å²) in [5.74, 6) is -5.21. The summed E-state index contributed by atoms with van der Waals surface area (Å²) in [5.41, 5.74) is 4.60. The normalized spacial score (nSPS) is 13.9. The first-order valence-electron chi connectivity index (χ1n) is 4.36. The molecule has 0 aromatic heterocycles. The van der Waals surface area contributed by atoms with E-state index in [4.69, 9.17) is 5.73 Å². The molecule has 10 heteroatoms. The number of nitrogens with two attached hydrogens (primary N) is 1. The Morgan fingerprint density at radius 1 is 1.05 bits per heavy atom. The van der Waals surface area contributed by atoms with Crippen molar-refractivity contribution in [3.63, 3.8) is 0 Å². The molecular formula is C9H7ClF5I2NO. The Morgan fingerprint density at radius 2 is 1.42 bits per heavy atom. The number of benzene rings is 1. The summed E-state index contributed by atoms with van der Waals surface area (Å²) in [4.78, 5) is 0. The Labute approximate surface area is 138 Å². The van der Waals surface area contributed by atoms with Crippen LogP contribution in [-0.2, 0) is 0 Å². The van der Waals surface area contributed by atoms with Gasteiger partial charge in [0.05, 0.1) is 7.14 Å². The van der Waals surface area contributed by atoms with Crippen LogP contribution in [0, 0.1) is 7.14 Å². The minimum atomic E-state index is -5.72. The van der Waals surface area contributed by atoms with Crippen LogP contribution in [0.25, 0.3) is 0 Å². The molecule has 1 rings (SSSR count). The van der Waals surface area contributed by atoms with E-state index in [-0.39, 0.29) is 30.9 Å². The average Bonchev–Trinajstić information content (AvgIpc) is 2.22. The van der Waals surface area contributed by atoms with Gasteiger partial charge in [0.25, 0.3) is 0 Å². The lowest BCUT2D eigenvalue weighted by atomic mass is 10.0. The summed E-state index contributed by atoms with van der Waals surface area (Å²) in [5, 5.41) is 9.41. The number of phenolic OH excluding ortho intramolecular Hbond substituents is 1. The van der Waals surface area contributed by atoms with Crippen LogP contribution in [0.3, 0.4) is 0 Å². The monoisotopic (exact) mass is 529 g/mol. The van der Waals surface area contributed by atoms with Crippen molar-refractivity contribution in [2.24, 2.45) is 5.73 Å². The lowest BCUT2D eigenvalue weighted by molar-refractivity contribution is -0.291. The van der Waals surface area contributed by atoms with Gasteiger partial charge in [-0.2, -0.15) is 22.0 Å². The number of hydrogen-bond donors (Lipinski definition) is 2. The molecule has 0 radical (unpaired) electrons. The van der Waals surface area contributed by atoms with Gasteiger partial charge in [-0.1, -0.05) is 0 Å². The standard InChI is InChI=1S/C9H6F5I2NO.ClH/c10-8(11,9(12,13)14)7(17)3-1-4(15)6(18)5(16)2-3;/h1-2,7,18H,17H2;1H/t7-;/m1./s1. The largest absolute Gasteiger partial charge is 0.506 e. The maximum Gasteiger partial charge on any atom is 0.455 e. The van der Waals surface area contributed by atoms with Crippen LogP contribution in [0.2, 0.25) is 0 Å². The highest BCUT2D eigenvalue weighted by Crippen LogP contribution is 2.44. The first-order chi connectivity index (χ1) is 7.98. The topological polar surface area (TPSA) is 46.2 Å². The third kappa shape index (κ3) is 3.94. The van der Waals surface area contributed by atoms with Gasteiger partial charge in [0.15, 0.2) is 0 Å². The highest BCUT2D eigenvalue weighted by atomic mass is 127. The number of alkyl halides is 5. The van der Waals surface area contributed by atoms with E-state index in [9.17, 15) is 27.1 Å². The summed E-state index contributed by atoms with van der Waals surface area (Å²) < 4.78 is 62.9. The predicted octanol–water partition coefficient (Wildman–Crippen LogP) is 4.22. The number of aromatic hydroxyl groups is 1. The molecule has 0 amide bonds. The number of phenols is 1. The molecule has 2 nitrogen and oxygen atoms in total. The van der Waals surface area contributed by atoms with Crippen LogP contribution < -0.4 is 5.73 Å². The Bertz CT molecular complexity index is 445. The van der Waals surface area contributed by atoms with Crippen molar-refractivity contribution in [2.45, 2.75) is 18.1 Å². The molecule has 0 fully saturated rings. The zero-order chi connectivity index (χ0) is 14.3. The maximum absolute atomic E-state index is 13.1. The van der Waals surface area contributed by atoms with Gasteiger partial charge in [-0.15, -0.1) is 12.4 Å². The van der Waals surface area contributed by atoms with Crippen molar-refractivity contribution in [2.75, 3.05) is 0 Å². The van der Waals surface area contributed by atoms with Gasteiger partial charge >= 0.3 is 12.1 Å². The molecule has 0 aliphatic heterocycles. The highest BCUT2D eigenvalue weighted by Gasteiger charge is 2.61. The van der Waals surface area contributed by atoms with Crippen molar-refractivity contribution in [3.8, 4) is 5.75 Å². The second kappa shape index (κ2) is 6.43. The fraction of sp³-hybridized carbons (Fsp3) is 0.333. The van der Waals surface area contributed by atoms with Gasteiger partial charge in [0, 0.05) is 0 Å². The van der Waals surface area contributed by atoms with Crippen molar-refractivity contribution in [1.82, 2.24) is 0 Å². The quantitative estimate of drug-likeness (QED) is 0.446. The Balaban J connectivity index is 0.00000324. The van der Waals surface area contributed by atoms with Crippen LogP contribution in [0.1, 0.15) is 11.6 Å². The molecular weight excluding hydrogens is 522 g/mol. The van der Waals surface area contributed by atoms with E-state index in [1.54, 1.807) is 45.2 Å². The molecule has 1 aromatic carbocycles. The minimum absolute atomic E-state index is 0. The molecule has 0 spiro atoms. The fourth-order valence-electron chi connectivity index (χ4n) is 1.15. The highest BCUT2D eigenvalue weighted by molar-refractivity contribution is 14.1. The summed E-state index contributed by atoms with van der Waals surface area (Å²) >= 11 is 3.24. The third-order valence-electron chi connectivity index (χ3n) is 2.17. The van der Waals surface area contributed by atoms with Crippen molar-refractivity contribution < 1.29 is 27.1 Å². The SMILES string of the molecule is Cl.N[C@H](c1cc(I)c(O)c(I)c1)C(F)(F)C(F)(F)F. The summed E-state index contributed by atoms with van der Waals surface area (Å²) in [6, 6.07) is -0.509. The van der Waals surface area contributed by atoms with E-state index in [2.05, 4.69) is 0 Å². The Hall–Kier alpha value is 0.380. The van der Waals surface area contributed by atoms with E-state index >= 15 is 0 Å². The minimum Gasteiger partial charge on any atom is -0.506 e. The summed E-state index contributed by atoms with van der Waals surface area (Å²) in [6.45, 7) is 0. The molecule has 0 bridgehead atoms. The first kappa shape index (κ1) is 19.4. The zero-order valence-corrected chi connectivity index (χ0v) is 13.9. The molecule has 0 saturated heterocycles. The molecule has 19 heavy (non-hydrogen) atoms. The lowest BCUT2D eigenvalue weighted by Gasteiger charge is -2.26. The van der Waals surface area contributed by atoms with E-state index in [0.717, 1.165) is 12.1 Å². The number of hydrogen-bond acceptors (Lipinski definition) is 2.